The van der Waals surface area contributed by atoms with Crippen LogP contribution < -0.4 is 10.6 Å². The average Bonchev–Trinajstić information content (AvgIpc) is 2.39. The van der Waals surface area contributed by atoms with Crippen LogP contribution in [0.4, 0.5) is 10.6 Å². The second-order valence-corrected chi connectivity index (χ2v) is 3.79. The fourth-order valence-corrected chi connectivity index (χ4v) is 1.25. The molecule has 0 aromatic carbocycles. The van der Waals surface area contributed by atoms with Gasteiger partial charge in [0.15, 0.2) is 5.82 Å². The first kappa shape index (κ1) is 14.4. The van der Waals surface area contributed by atoms with Gasteiger partial charge in [0.05, 0.1) is 6.20 Å². The van der Waals surface area contributed by atoms with Crippen molar-refractivity contribution in [3.05, 3.63) is 18.6 Å². The number of anilines is 1. The maximum Gasteiger partial charge on any atom is 0.320 e. The van der Waals surface area contributed by atoms with Crippen LogP contribution in [0.3, 0.4) is 0 Å². The summed E-state index contributed by atoms with van der Waals surface area (Å²) in [7, 11) is 0. The minimum Gasteiger partial charge on any atom is -0.381 e. The van der Waals surface area contributed by atoms with Crippen LogP contribution in [0.5, 0.6) is 0 Å². The molecule has 18 heavy (non-hydrogen) atoms. The van der Waals surface area contributed by atoms with Gasteiger partial charge in [0.25, 0.3) is 0 Å². The summed E-state index contributed by atoms with van der Waals surface area (Å²) in [4.78, 5) is 19.2. The highest BCUT2D eigenvalue weighted by atomic mass is 16.5. The number of aromatic nitrogens is 2. The van der Waals surface area contributed by atoms with E-state index < -0.39 is 0 Å². The van der Waals surface area contributed by atoms with E-state index in [-0.39, 0.29) is 6.03 Å². The molecular formula is C12H20N4O2. The van der Waals surface area contributed by atoms with E-state index in [4.69, 9.17) is 4.74 Å². The zero-order valence-electron chi connectivity index (χ0n) is 10.7. The summed E-state index contributed by atoms with van der Waals surface area (Å²) in [6.45, 7) is 4.17. The van der Waals surface area contributed by atoms with Crippen LogP contribution in [-0.2, 0) is 4.74 Å². The first-order valence-electron chi connectivity index (χ1n) is 6.21. The molecule has 1 aromatic heterocycles. The van der Waals surface area contributed by atoms with Crippen molar-refractivity contribution in [2.24, 2.45) is 0 Å². The molecule has 0 aliphatic carbocycles. The van der Waals surface area contributed by atoms with Gasteiger partial charge in [-0.15, -0.1) is 0 Å². The molecule has 1 rings (SSSR count). The number of nitrogens with zero attached hydrogens (tertiary/aromatic N) is 2. The Balaban J connectivity index is 2.00. The molecule has 2 N–H and O–H groups in total. The van der Waals surface area contributed by atoms with Gasteiger partial charge in [0, 0.05) is 32.2 Å². The molecule has 2 amide bonds. The Kier molecular flexibility index (Phi) is 7.47. The average molecular weight is 252 g/mol. The second-order valence-electron chi connectivity index (χ2n) is 3.79. The summed E-state index contributed by atoms with van der Waals surface area (Å²) in [5.74, 6) is 0.439. The summed E-state index contributed by atoms with van der Waals surface area (Å²) in [6.07, 6.45) is 7.60. The lowest BCUT2D eigenvalue weighted by atomic mass is 10.4. The highest BCUT2D eigenvalue weighted by molar-refractivity contribution is 5.87. The second kappa shape index (κ2) is 9.35. The largest absolute Gasteiger partial charge is 0.381 e. The number of nitrogens with one attached hydrogen (secondary N) is 2. The summed E-state index contributed by atoms with van der Waals surface area (Å²) in [5.41, 5.74) is 0. The van der Waals surface area contributed by atoms with Gasteiger partial charge in [-0.2, -0.15) is 0 Å². The number of hydrogen-bond donors (Lipinski definition) is 2. The standard InChI is InChI=1S/C12H20N4O2/c1-2-3-8-18-9-4-5-15-12(17)16-11-10-13-6-7-14-11/h6-7,10H,2-5,8-9H2,1H3,(H2,14,15,16,17). The van der Waals surface area contributed by atoms with Crippen LogP contribution in [0.15, 0.2) is 18.6 Å². The van der Waals surface area contributed by atoms with E-state index in [1.807, 2.05) is 0 Å². The molecule has 0 saturated carbocycles. The molecule has 0 atom stereocenters. The summed E-state index contributed by atoms with van der Waals surface area (Å²) >= 11 is 0. The summed E-state index contributed by atoms with van der Waals surface area (Å²) < 4.78 is 5.38. The number of urea groups is 1. The number of amides is 2. The van der Waals surface area contributed by atoms with Crippen molar-refractivity contribution in [2.75, 3.05) is 25.1 Å². The van der Waals surface area contributed by atoms with E-state index in [0.717, 1.165) is 25.9 Å². The molecule has 0 radical (unpaired) electrons. The van der Waals surface area contributed by atoms with Gasteiger partial charge < -0.3 is 10.1 Å². The van der Waals surface area contributed by atoms with Gasteiger partial charge in [0.1, 0.15) is 0 Å². The van der Waals surface area contributed by atoms with Gasteiger partial charge in [-0.25, -0.2) is 9.78 Å². The van der Waals surface area contributed by atoms with Crippen LogP contribution in [0.1, 0.15) is 26.2 Å². The van der Waals surface area contributed by atoms with Crippen LogP contribution in [0.2, 0.25) is 0 Å². The Bertz CT molecular complexity index is 332. The minimum atomic E-state index is -0.274. The zero-order valence-corrected chi connectivity index (χ0v) is 10.7. The molecule has 6 heteroatoms. The first-order chi connectivity index (χ1) is 8.83. The number of unbranched alkanes of at least 4 members (excludes halogenated alkanes) is 1. The molecule has 1 aromatic rings. The van der Waals surface area contributed by atoms with Crippen LogP contribution in [0.25, 0.3) is 0 Å². The van der Waals surface area contributed by atoms with Gasteiger partial charge in [-0.1, -0.05) is 13.3 Å². The van der Waals surface area contributed by atoms with Crippen molar-refractivity contribution in [1.82, 2.24) is 15.3 Å². The number of carbonyl (C=O) groups excluding carboxylic acids is 1. The summed E-state index contributed by atoms with van der Waals surface area (Å²) in [6, 6.07) is -0.274. The number of rotatable bonds is 8. The Morgan fingerprint density at radius 2 is 2.17 bits per heavy atom. The van der Waals surface area contributed by atoms with E-state index in [1.165, 1.54) is 12.4 Å². The number of carbonyl (C=O) groups is 1. The Labute approximate surface area is 107 Å². The van der Waals surface area contributed by atoms with Crippen molar-refractivity contribution < 1.29 is 9.53 Å². The maximum absolute atomic E-state index is 11.4. The molecule has 100 valence electrons. The smallest absolute Gasteiger partial charge is 0.320 e. The van der Waals surface area contributed by atoms with Crippen LogP contribution >= 0.6 is 0 Å². The number of hydrogen-bond acceptors (Lipinski definition) is 4. The molecule has 1 heterocycles. The zero-order chi connectivity index (χ0) is 13.1. The van der Waals surface area contributed by atoms with Crippen molar-refractivity contribution >= 4 is 11.8 Å². The Morgan fingerprint density at radius 1 is 1.33 bits per heavy atom. The lowest BCUT2D eigenvalue weighted by Crippen LogP contribution is -2.30. The molecule has 6 nitrogen and oxygen atoms in total. The van der Waals surface area contributed by atoms with E-state index in [1.54, 1.807) is 6.20 Å². The van der Waals surface area contributed by atoms with E-state index in [2.05, 4.69) is 27.5 Å². The SMILES string of the molecule is CCCCOCCCNC(=O)Nc1cnccn1. The third-order valence-corrected chi connectivity index (χ3v) is 2.20. The molecule has 0 aliphatic rings. The predicted molar refractivity (Wildman–Crippen MR) is 69.4 cm³/mol. The van der Waals surface area contributed by atoms with Crippen molar-refractivity contribution in [2.45, 2.75) is 26.2 Å². The first-order valence-corrected chi connectivity index (χ1v) is 6.21. The molecular weight excluding hydrogens is 232 g/mol. The van der Waals surface area contributed by atoms with E-state index in [0.29, 0.717) is 19.0 Å². The summed E-state index contributed by atoms with van der Waals surface area (Å²) in [5, 5.41) is 5.31. The van der Waals surface area contributed by atoms with Crippen molar-refractivity contribution in [3.63, 3.8) is 0 Å². The molecule has 0 spiro atoms. The monoisotopic (exact) mass is 252 g/mol. The van der Waals surface area contributed by atoms with E-state index in [9.17, 15) is 4.79 Å². The number of ether oxygens (including phenoxy) is 1. The van der Waals surface area contributed by atoms with Gasteiger partial charge in [0.2, 0.25) is 0 Å². The van der Waals surface area contributed by atoms with Gasteiger partial charge in [-0.3, -0.25) is 10.3 Å². The topological polar surface area (TPSA) is 76.1 Å². The molecule has 0 fully saturated rings. The van der Waals surface area contributed by atoms with E-state index >= 15 is 0 Å². The highest BCUT2D eigenvalue weighted by Gasteiger charge is 2.00. The molecule has 0 bridgehead atoms. The normalized spacial score (nSPS) is 10.1. The molecule has 0 saturated heterocycles. The van der Waals surface area contributed by atoms with Crippen LogP contribution in [0, 0.1) is 0 Å². The minimum absolute atomic E-state index is 0.274. The van der Waals surface area contributed by atoms with Gasteiger partial charge in [-0.05, 0) is 12.8 Å². The Hall–Kier alpha value is -1.69. The van der Waals surface area contributed by atoms with Gasteiger partial charge >= 0.3 is 6.03 Å². The lowest BCUT2D eigenvalue weighted by Gasteiger charge is -2.06. The lowest BCUT2D eigenvalue weighted by molar-refractivity contribution is 0.129. The van der Waals surface area contributed by atoms with Crippen molar-refractivity contribution in [1.29, 1.82) is 0 Å². The third-order valence-electron chi connectivity index (χ3n) is 2.20. The predicted octanol–water partition coefficient (Wildman–Crippen LogP) is 1.80. The molecule has 0 aliphatic heterocycles. The molecule has 0 unspecified atom stereocenters. The highest BCUT2D eigenvalue weighted by Crippen LogP contribution is 1.96. The quantitative estimate of drug-likeness (QED) is 0.692. The van der Waals surface area contributed by atoms with Crippen LogP contribution in [-0.4, -0.2) is 35.8 Å². The third kappa shape index (κ3) is 6.80. The maximum atomic E-state index is 11.4. The Morgan fingerprint density at radius 3 is 2.89 bits per heavy atom. The fourth-order valence-electron chi connectivity index (χ4n) is 1.25. The fraction of sp³-hybridized carbons (Fsp3) is 0.583. The van der Waals surface area contributed by atoms with Crippen molar-refractivity contribution in [3.8, 4) is 0 Å².